The molecule has 0 unspecified atom stereocenters. The van der Waals surface area contributed by atoms with Crippen LogP contribution in [0.3, 0.4) is 0 Å². The van der Waals surface area contributed by atoms with Crippen molar-refractivity contribution in [3.8, 4) is 0 Å². The lowest BCUT2D eigenvalue weighted by Crippen LogP contribution is -2.00. The molecule has 0 atom stereocenters. The van der Waals surface area contributed by atoms with Gasteiger partial charge in [0.05, 0.1) is 21.1 Å². The number of fused-ring (bicyclic) bond motifs is 1. The van der Waals surface area contributed by atoms with Gasteiger partial charge in [0.25, 0.3) is 0 Å². The second kappa shape index (κ2) is 5.09. The minimum atomic E-state index is 0.222. The van der Waals surface area contributed by atoms with Gasteiger partial charge in [-0.1, -0.05) is 29.3 Å². The van der Waals surface area contributed by atoms with Gasteiger partial charge in [-0.2, -0.15) is 4.98 Å². The second-order valence-electron chi connectivity index (χ2n) is 4.23. The molecule has 2 heterocycles. The van der Waals surface area contributed by atoms with E-state index in [1.165, 1.54) is 0 Å². The summed E-state index contributed by atoms with van der Waals surface area (Å²) in [7, 11) is 0. The Labute approximate surface area is 129 Å². The van der Waals surface area contributed by atoms with Gasteiger partial charge in [-0.3, -0.25) is 0 Å². The summed E-state index contributed by atoms with van der Waals surface area (Å²) in [5.41, 5.74) is 6.42. The first-order valence-corrected chi connectivity index (χ1v) is 7.36. The smallest absolute Gasteiger partial charge is 0.223 e. The number of anilines is 3. The van der Waals surface area contributed by atoms with E-state index >= 15 is 0 Å². The highest BCUT2D eigenvalue weighted by Crippen LogP contribution is 2.35. The van der Waals surface area contributed by atoms with E-state index < -0.39 is 0 Å². The average molecular weight is 325 g/mol. The monoisotopic (exact) mass is 324 g/mol. The zero-order valence-corrected chi connectivity index (χ0v) is 12.8. The molecule has 7 heteroatoms. The maximum absolute atomic E-state index is 6.17. The molecule has 3 aromatic rings. The molecular formula is C13H10Cl2N4S. The fourth-order valence-electron chi connectivity index (χ4n) is 1.88. The van der Waals surface area contributed by atoms with Crippen LogP contribution >= 0.6 is 34.5 Å². The van der Waals surface area contributed by atoms with Crippen LogP contribution in [0.15, 0.2) is 24.3 Å². The first kappa shape index (κ1) is 13.4. The van der Waals surface area contributed by atoms with E-state index in [4.69, 9.17) is 28.9 Å². The van der Waals surface area contributed by atoms with Crippen molar-refractivity contribution in [2.75, 3.05) is 11.1 Å². The average Bonchev–Trinajstić information content (AvgIpc) is 2.75. The number of thiophene rings is 1. The molecule has 0 saturated carbocycles. The van der Waals surface area contributed by atoms with Gasteiger partial charge >= 0.3 is 0 Å². The number of nitrogen functional groups attached to an aromatic ring is 1. The van der Waals surface area contributed by atoms with Crippen LogP contribution in [0.5, 0.6) is 0 Å². The zero-order chi connectivity index (χ0) is 14.3. The number of hydrogen-bond acceptors (Lipinski definition) is 5. The molecule has 3 N–H and O–H groups in total. The van der Waals surface area contributed by atoms with Gasteiger partial charge in [-0.05, 0) is 25.1 Å². The molecule has 0 bridgehead atoms. The van der Waals surface area contributed by atoms with Crippen molar-refractivity contribution in [3.05, 3.63) is 39.2 Å². The summed E-state index contributed by atoms with van der Waals surface area (Å²) in [4.78, 5) is 10.4. The summed E-state index contributed by atoms with van der Waals surface area (Å²) in [6.45, 7) is 2.01. The van der Waals surface area contributed by atoms with Crippen LogP contribution in [0.2, 0.25) is 10.0 Å². The Morgan fingerprint density at radius 3 is 2.85 bits per heavy atom. The normalized spacial score (nSPS) is 10.9. The third-order valence-electron chi connectivity index (χ3n) is 2.74. The molecule has 0 radical (unpaired) electrons. The number of rotatable bonds is 2. The minimum absolute atomic E-state index is 0.222. The topological polar surface area (TPSA) is 63.8 Å². The van der Waals surface area contributed by atoms with E-state index in [1.807, 2.05) is 25.1 Å². The fraction of sp³-hybridized carbons (Fsp3) is 0.0769. The molecule has 0 fully saturated rings. The number of nitrogens with two attached hydrogens (primary N) is 1. The SMILES string of the molecule is Cc1cc2c(Nc3cccc(Cl)c3Cl)nc(N)nc2s1. The molecule has 0 spiro atoms. The Morgan fingerprint density at radius 1 is 1.25 bits per heavy atom. The van der Waals surface area contributed by atoms with E-state index in [9.17, 15) is 0 Å². The van der Waals surface area contributed by atoms with E-state index in [0.29, 0.717) is 21.6 Å². The summed E-state index contributed by atoms with van der Waals surface area (Å²) >= 11 is 13.7. The number of nitrogens with zero attached hydrogens (tertiary/aromatic N) is 2. The van der Waals surface area contributed by atoms with Crippen LogP contribution in [0, 0.1) is 6.92 Å². The summed E-state index contributed by atoms with van der Waals surface area (Å²) in [6, 6.07) is 7.39. The van der Waals surface area contributed by atoms with Crippen LogP contribution in [-0.2, 0) is 0 Å². The first-order chi connectivity index (χ1) is 9.54. The number of hydrogen-bond donors (Lipinski definition) is 2. The number of nitrogens with one attached hydrogen (secondary N) is 1. The predicted molar refractivity (Wildman–Crippen MR) is 86.3 cm³/mol. The van der Waals surface area contributed by atoms with E-state index in [2.05, 4.69) is 15.3 Å². The Bertz CT molecular complexity index is 800. The third-order valence-corrected chi connectivity index (χ3v) is 4.50. The molecule has 0 amide bonds. The van der Waals surface area contributed by atoms with Crippen LogP contribution in [-0.4, -0.2) is 9.97 Å². The van der Waals surface area contributed by atoms with Crippen molar-refractivity contribution >= 4 is 62.2 Å². The summed E-state index contributed by atoms with van der Waals surface area (Å²) in [5, 5.41) is 5.02. The molecule has 0 aliphatic rings. The largest absolute Gasteiger partial charge is 0.368 e. The van der Waals surface area contributed by atoms with Crippen molar-refractivity contribution in [1.82, 2.24) is 9.97 Å². The molecule has 3 rings (SSSR count). The predicted octanol–water partition coefficient (Wildman–Crippen LogP) is 4.63. The molecule has 20 heavy (non-hydrogen) atoms. The highest BCUT2D eigenvalue weighted by atomic mass is 35.5. The zero-order valence-electron chi connectivity index (χ0n) is 10.4. The van der Waals surface area contributed by atoms with Gasteiger partial charge in [0.2, 0.25) is 5.95 Å². The maximum atomic E-state index is 6.17. The molecule has 1 aromatic carbocycles. The van der Waals surface area contributed by atoms with Crippen LogP contribution < -0.4 is 11.1 Å². The van der Waals surface area contributed by atoms with Crippen molar-refractivity contribution in [2.45, 2.75) is 6.92 Å². The number of benzene rings is 1. The molecule has 0 aliphatic carbocycles. The Hall–Kier alpha value is -1.56. The molecule has 0 aliphatic heterocycles. The standard InChI is InChI=1S/C13H10Cl2N4S/c1-6-5-7-11(18-13(16)19-12(7)20-6)17-9-4-2-3-8(14)10(9)15/h2-5H,1H3,(H3,16,17,18,19). The lowest BCUT2D eigenvalue weighted by atomic mass is 10.3. The quantitative estimate of drug-likeness (QED) is 0.721. The van der Waals surface area contributed by atoms with Crippen LogP contribution in [0.4, 0.5) is 17.5 Å². The summed E-state index contributed by atoms with van der Waals surface area (Å²) in [6.07, 6.45) is 0. The van der Waals surface area contributed by atoms with Crippen molar-refractivity contribution in [2.24, 2.45) is 0 Å². The highest BCUT2D eigenvalue weighted by molar-refractivity contribution is 7.18. The van der Waals surface area contributed by atoms with Gasteiger partial charge in [-0.25, -0.2) is 4.98 Å². The molecule has 2 aromatic heterocycles. The van der Waals surface area contributed by atoms with Crippen molar-refractivity contribution in [1.29, 1.82) is 0 Å². The minimum Gasteiger partial charge on any atom is -0.368 e. The summed E-state index contributed by atoms with van der Waals surface area (Å²) in [5.74, 6) is 0.848. The summed E-state index contributed by atoms with van der Waals surface area (Å²) < 4.78 is 0. The van der Waals surface area contributed by atoms with E-state index in [-0.39, 0.29) is 5.95 Å². The van der Waals surface area contributed by atoms with Gasteiger partial charge in [0.15, 0.2) is 0 Å². The van der Waals surface area contributed by atoms with Gasteiger partial charge in [0, 0.05) is 4.88 Å². The van der Waals surface area contributed by atoms with Crippen molar-refractivity contribution < 1.29 is 0 Å². The van der Waals surface area contributed by atoms with Crippen LogP contribution in [0.25, 0.3) is 10.2 Å². The lowest BCUT2D eigenvalue weighted by Gasteiger charge is -2.09. The number of aromatic nitrogens is 2. The van der Waals surface area contributed by atoms with Crippen LogP contribution in [0.1, 0.15) is 4.88 Å². The fourth-order valence-corrected chi connectivity index (χ4v) is 3.12. The highest BCUT2D eigenvalue weighted by Gasteiger charge is 2.11. The van der Waals surface area contributed by atoms with Gasteiger partial charge in [0.1, 0.15) is 10.6 Å². The van der Waals surface area contributed by atoms with Crippen molar-refractivity contribution in [3.63, 3.8) is 0 Å². The Balaban J connectivity index is 2.12. The lowest BCUT2D eigenvalue weighted by molar-refractivity contribution is 1.24. The molecule has 4 nitrogen and oxygen atoms in total. The van der Waals surface area contributed by atoms with Gasteiger partial charge < -0.3 is 11.1 Å². The molecular weight excluding hydrogens is 315 g/mol. The van der Waals surface area contributed by atoms with E-state index in [1.54, 1.807) is 17.4 Å². The molecule has 0 saturated heterocycles. The third kappa shape index (κ3) is 2.40. The first-order valence-electron chi connectivity index (χ1n) is 5.79. The van der Waals surface area contributed by atoms with Gasteiger partial charge in [-0.15, -0.1) is 11.3 Å². The maximum Gasteiger partial charge on any atom is 0.223 e. The Morgan fingerprint density at radius 2 is 2.05 bits per heavy atom. The van der Waals surface area contributed by atoms with E-state index in [0.717, 1.165) is 15.1 Å². The Kier molecular flexibility index (Phi) is 3.41. The number of halogens is 2. The number of aryl methyl sites for hydroxylation is 1. The molecule has 102 valence electrons. The second-order valence-corrected chi connectivity index (χ2v) is 6.25.